The Kier molecular flexibility index (Phi) is 4.98. The van der Waals surface area contributed by atoms with E-state index in [2.05, 4.69) is 24.6 Å². The molecule has 1 rings (SSSR count). The molecule has 0 saturated carbocycles. The lowest BCUT2D eigenvalue weighted by molar-refractivity contribution is 0.0678. The summed E-state index contributed by atoms with van der Waals surface area (Å²) in [5.74, 6) is 2.07. The third kappa shape index (κ3) is 4.65. The standard InChI is InChI=1S/C10H18F2N2SSi/c1-16(2,3)7-6-15-8-9-13-4-5-14(9)10(11)12/h4-5,10H,6-8H2,1-3H3. The molecule has 0 N–H and O–H groups in total. The third-order valence-corrected chi connectivity index (χ3v) is 5.25. The Morgan fingerprint density at radius 1 is 1.44 bits per heavy atom. The van der Waals surface area contributed by atoms with Crippen LogP contribution in [0.4, 0.5) is 8.78 Å². The number of nitrogens with zero attached hydrogens (tertiary/aromatic N) is 2. The van der Waals surface area contributed by atoms with Gasteiger partial charge in [0.1, 0.15) is 5.82 Å². The highest BCUT2D eigenvalue weighted by atomic mass is 32.2. The number of imidazole rings is 1. The van der Waals surface area contributed by atoms with Crippen LogP contribution < -0.4 is 0 Å². The van der Waals surface area contributed by atoms with Crippen molar-refractivity contribution < 1.29 is 8.78 Å². The van der Waals surface area contributed by atoms with E-state index in [0.717, 1.165) is 10.3 Å². The van der Waals surface area contributed by atoms with Crippen molar-refractivity contribution in [1.82, 2.24) is 9.55 Å². The van der Waals surface area contributed by atoms with E-state index in [1.807, 2.05) is 0 Å². The van der Waals surface area contributed by atoms with Gasteiger partial charge in [-0.2, -0.15) is 20.5 Å². The average Bonchev–Trinajstić information content (AvgIpc) is 2.58. The van der Waals surface area contributed by atoms with Gasteiger partial charge in [0.15, 0.2) is 0 Å². The SMILES string of the molecule is C[Si](C)(C)CCSCc1nccn1C(F)F. The molecule has 0 unspecified atom stereocenters. The van der Waals surface area contributed by atoms with Gasteiger partial charge in [-0.25, -0.2) is 4.98 Å². The highest BCUT2D eigenvalue weighted by Gasteiger charge is 2.14. The molecule has 0 atom stereocenters. The van der Waals surface area contributed by atoms with Crippen molar-refractivity contribution in [3.8, 4) is 0 Å². The Morgan fingerprint density at radius 3 is 2.69 bits per heavy atom. The first-order valence-electron chi connectivity index (χ1n) is 5.28. The zero-order valence-corrected chi connectivity index (χ0v) is 11.7. The fraction of sp³-hybridized carbons (Fsp3) is 0.700. The molecule has 0 aliphatic heterocycles. The highest BCUT2D eigenvalue weighted by Crippen LogP contribution is 2.19. The fourth-order valence-electron chi connectivity index (χ4n) is 1.18. The molecule has 16 heavy (non-hydrogen) atoms. The topological polar surface area (TPSA) is 17.8 Å². The van der Waals surface area contributed by atoms with Gasteiger partial charge in [0.2, 0.25) is 0 Å². The van der Waals surface area contributed by atoms with Crippen LogP contribution in [-0.4, -0.2) is 23.4 Å². The van der Waals surface area contributed by atoms with Crippen LogP contribution in [0.5, 0.6) is 0 Å². The van der Waals surface area contributed by atoms with Crippen LogP contribution in [0.3, 0.4) is 0 Å². The largest absolute Gasteiger partial charge is 0.319 e. The smallest absolute Gasteiger partial charge is 0.277 e. The fourth-order valence-corrected chi connectivity index (χ4v) is 4.75. The maximum absolute atomic E-state index is 12.5. The summed E-state index contributed by atoms with van der Waals surface area (Å²) in [6, 6.07) is 1.22. The molecule has 2 nitrogen and oxygen atoms in total. The van der Waals surface area contributed by atoms with Crippen LogP contribution in [0.2, 0.25) is 25.7 Å². The molecule has 1 aromatic rings. The second-order valence-corrected chi connectivity index (χ2v) is 11.6. The number of rotatable bonds is 6. The third-order valence-electron chi connectivity index (χ3n) is 2.19. The molecule has 0 spiro atoms. The van der Waals surface area contributed by atoms with Gasteiger partial charge < -0.3 is 0 Å². The minimum absolute atomic E-state index is 0.468. The zero-order valence-electron chi connectivity index (χ0n) is 9.91. The molecule has 0 aromatic carbocycles. The van der Waals surface area contributed by atoms with Gasteiger partial charge in [0.05, 0.1) is 5.75 Å². The lowest BCUT2D eigenvalue weighted by atomic mass is 10.7. The number of halogens is 2. The quantitative estimate of drug-likeness (QED) is 0.574. The van der Waals surface area contributed by atoms with E-state index in [1.54, 1.807) is 11.8 Å². The summed E-state index contributed by atoms with van der Waals surface area (Å²) in [6.45, 7) is 4.46. The van der Waals surface area contributed by atoms with Gasteiger partial charge in [-0.1, -0.05) is 19.6 Å². The molecule has 0 aliphatic carbocycles. The van der Waals surface area contributed by atoms with Crippen LogP contribution >= 0.6 is 11.8 Å². The van der Waals surface area contributed by atoms with Gasteiger partial charge in [-0.15, -0.1) is 0 Å². The number of hydrogen-bond donors (Lipinski definition) is 0. The van der Waals surface area contributed by atoms with E-state index in [4.69, 9.17) is 0 Å². The van der Waals surface area contributed by atoms with Crippen molar-refractivity contribution in [1.29, 1.82) is 0 Å². The molecule has 1 heterocycles. The van der Waals surface area contributed by atoms with E-state index in [9.17, 15) is 8.78 Å². The summed E-state index contributed by atoms with van der Waals surface area (Å²) in [7, 11) is -1.01. The van der Waals surface area contributed by atoms with Gasteiger partial charge in [0.25, 0.3) is 0 Å². The van der Waals surface area contributed by atoms with Crippen molar-refractivity contribution >= 4 is 19.8 Å². The number of thioether (sulfide) groups is 1. The molecule has 0 bridgehead atoms. The summed E-state index contributed by atoms with van der Waals surface area (Å²) >= 11 is 1.69. The minimum atomic E-state index is -2.48. The van der Waals surface area contributed by atoms with Gasteiger partial charge in [-0.3, -0.25) is 4.57 Å². The van der Waals surface area contributed by atoms with Crippen molar-refractivity contribution in [3.05, 3.63) is 18.2 Å². The normalized spacial score (nSPS) is 12.4. The maximum atomic E-state index is 12.5. The Balaban J connectivity index is 2.35. The second-order valence-electron chi connectivity index (χ2n) is 4.89. The minimum Gasteiger partial charge on any atom is -0.277 e. The monoisotopic (exact) mass is 264 g/mol. The van der Waals surface area contributed by atoms with Crippen LogP contribution in [0.15, 0.2) is 12.4 Å². The Hall–Kier alpha value is -0.363. The molecule has 0 saturated heterocycles. The summed E-state index contributed by atoms with van der Waals surface area (Å²) < 4.78 is 25.9. The first-order chi connectivity index (χ1) is 7.40. The van der Waals surface area contributed by atoms with Crippen molar-refractivity contribution in [2.24, 2.45) is 0 Å². The number of alkyl halides is 2. The Bertz CT molecular complexity index is 323. The van der Waals surface area contributed by atoms with Gasteiger partial charge in [0, 0.05) is 20.5 Å². The first kappa shape index (κ1) is 13.7. The molecular weight excluding hydrogens is 246 g/mol. The van der Waals surface area contributed by atoms with E-state index in [-0.39, 0.29) is 0 Å². The predicted octanol–water partition coefficient (Wildman–Crippen LogP) is 3.85. The zero-order chi connectivity index (χ0) is 12.2. The van der Waals surface area contributed by atoms with Gasteiger partial charge in [-0.05, 0) is 11.8 Å². The van der Waals surface area contributed by atoms with Gasteiger partial charge >= 0.3 is 6.55 Å². The highest BCUT2D eigenvalue weighted by molar-refractivity contribution is 7.98. The maximum Gasteiger partial charge on any atom is 0.319 e. The van der Waals surface area contributed by atoms with Crippen LogP contribution in [-0.2, 0) is 5.75 Å². The van der Waals surface area contributed by atoms with E-state index in [0.29, 0.717) is 11.6 Å². The summed E-state index contributed by atoms with van der Waals surface area (Å²) in [5.41, 5.74) is 0. The Morgan fingerprint density at radius 2 is 2.12 bits per heavy atom. The van der Waals surface area contributed by atoms with Crippen molar-refractivity contribution in [2.75, 3.05) is 5.75 Å². The molecule has 0 fully saturated rings. The van der Waals surface area contributed by atoms with Crippen LogP contribution in [0.1, 0.15) is 12.4 Å². The molecule has 0 radical (unpaired) electrons. The molecule has 0 aliphatic rings. The molecule has 6 heteroatoms. The second kappa shape index (κ2) is 5.81. The summed E-state index contributed by atoms with van der Waals surface area (Å²) in [5, 5.41) is 0. The van der Waals surface area contributed by atoms with E-state index < -0.39 is 14.6 Å². The van der Waals surface area contributed by atoms with Crippen LogP contribution in [0, 0.1) is 0 Å². The Labute approximate surface area is 100 Å². The molecule has 1 aromatic heterocycles. The number of hydrogen-bond acceptors (Lipinski definition) is 2. The predicted molar refractivity (Wildman–Crippen MR) is 67.8 cm³/mol. The van der Waals surface area contributed by atoms with Crippen molar-refractivity contribution in [3.63, 3.8) is 0 Å². The molecule has 92 valence electrons. The lowest BCUT2D eigenvalue weighted by Crippen LogP contribution is -2.19. The first-order valence-corrected chi connectivity index (χ1v) is 10.1. The van der Waals surface area contributed by atoms with E-state index in [1.165, 1.54) is 18.4 Å². The summed E-state index contributed by atoms with van der Waals surface area (Å²) in [4.78, 5) is 3.94. The number of aromatic nitrogens is 2. The van der Waals surface area contributed by atoms with Crippen molar-refractivity contribution in [2.45, 2.75) is 38.0 Å². The average molecular weight is 264 g/mol. The van der Waals surface area contributed by atoms with E-state index >= 15 is 0 Å². The lowest BCUT2D eigenvalue weighted by Gasteiger charge is -2.14. The molecular formula is C10H18F2N2SSi. The van der Waals surface area contributed by atoms with Crippen LogP contribution in [0.25, 0.3) is 0 Å². The molecule has 0 amide bonds. The summed E-state index contributed by atoms with van der Waals surface area (Å²) in [6.07, 6.45) is 2.76.